The van der Waals surface area contributed by atoms with Gasteiger partial charge in [-0.15, -0.1) is 0 Å². The van der Waals surface area contributed by atoms with Gasteiger partial charge in [-0.3, -0.25) is 0 Å². The quantitative estimate of drug-likeness (QED) is 0.850. The maximum Gasteiger partial charge on any atom is 0.137 e. The van der Waals surface area contributed by atoms with Crippen LogP contribution >= 0.6 is 11.8 Å². The van der Waals surface area contributed by atoms with Crippen molar-refractivity contribution >= 4 is 11.8 Å². The molecule has 0 spiro atoms. The molecule has 106 valence electrons. The molecule has 0 aliphatic heterocycles. The molecule has 0 aliphatic rings. The molecule has 0 unspecified atom stereocenters. The van der Waals surface area contributed by atoms with Gasteiger partial charge in [0.2, 0.25) is 0 Å². The lowest BCUT2D eigenvalue weighted by molar-refractivity contribution is 0.574. The van der Waals surface area contributed by atoms with Crippen molar-refractivity contribution in [1.82, 2.24) is 5.32 Å². The summed E-state index contributed by atoms with van der Waals surface area (Å²) in [7, 11) is 0. The fourth-order valence-electron chi connectivity index (χ4n) is 1.86. The van der Waals surface area contributed by atoms with E-state index >= 15 is 0 Å². The van der Waals surface area contributed by atoms with Gasteiger partial charge in [-0.05, 0) is 36.8 Å². The minimum absolute atomic E-state index is 0.153. The summed E-state index contributed by atoms with van der Waals surface area (Å²) in [6.07, 6.45) is 0. The number of rotatable bonds is 5. The molecule has 20 heavy (non-hydrogen) atoms. The Hall–Kier alpha value is -1.32. The van der Waals surface area contributed by atoms with E-state index in [1.54, 1.807) is 6.07 Å². The van der Waals surface area contributed by atoms with Gasteiger partial charge < -0.3 is 5.32 Å². The lowest BCUT2D eigenvalue weighted by atomic mass is 10.2. The Bertz CT molecular complexity index is 581. The second-order valence-corrected chi connectivity index (χ2v) is 6.33. The Balaban J connectivity index is 2.09. The molecule has 0 bridgehead atoms. The Kier molecular flexibility index (Phi) is 5.21. The van der Waals surface area contributed by atoms with E-state index in [1.165, 1.54) is 17.3 Å². The number of halogens is 1. The predicted molar refractivity (Wildman–Crippen MR) is 83.7 cm³/mol. The van der Waals surface area contributed by atoms with Crippen LogP contribution in [0.4, 0.5) is 4.39 Å². The van der Waals surface area contributed by atoms with Gasteiger partial charge in [0.25, 0.3) is 0 Å². The molecular formula is C17H20FNS. The van der Waals surface area contributed by atoms with Crippen molar-refractivity contribution in [2.45, 2.75) is 43.1 Å². The Morgan fingerprint density at radius 2 is 1.95 bits per heavy atom. The fourth-order valence-corrected chi connectivity index (χ4v) is 2.80. The van der Waals surface area contributed by atoms with Crippen LogP contribution in [0.25, 0.3) is 0 Å². The van der Waals surface area contributed by atoms with E-state index in [2.05, 4.69) is 25.2 Å². The zero-order valence-electron chi connectivity index (χ0n) is 12.1. The highest BCUT2D eigenvalue weighted by Gasteiger charge is 2.06. The van der Waals surface area contributed by atoms with Crippen molar-refractivity contribution in [2.24, 2.45) is 0 Å². The number of aryl methyl sites for hydroxylation is 1. The summed E-state index contributed by atoms with van der Waals surface area (Å²) in [4.78, 5) is 1.74. The molecule has 3 heteroatoms. The molecule has 2 rings (SSSR count). The normalized spacial score (nSPS) is 11.1. The third-order valence-electron chi connectivity index (χ3n) is 2.93. The van der Waals surface area contributed by atoms with Gasteiger partial charge in [0.05, 0.1) is 0 Å². The summed E-state index contributed by atoms with van der Waals surface area (Å²) in [6.45, 7) is 6.90. The van der Waals surface area contributed by atoms with Gasteiger partial charge in [0.1, 0.15) is 5.82 Å². The summed E-state index contributed by atoms with van der Waals surface area (Å²) in [5.74, 6) is -0.153. The van der Waals surface area contributed by atoms with E-state index in [4.69, 9.17) is 0 Å². The van der Waals surface area contributed by atoms with E-state index in [1.807, 2.05) is 37.3 Å². The minimum Gasteiger partial charge on any atom is -0.310 e. The van der Waals surface area contributed by atoms with Crippen LogP contribution in [0.2, 0.25) is 0 Å². The Morgan fingerprint density at radius 1 is 1.15 bits per heavy atom. The first kappa shape index (κ1) is 15.1. The minimum atomic E-state index is -0.153. The third-order valence-corrected chi connectivity index (χ3v) is 3.97. The van der Waals surface area contributed by atoms with E-state index in [0.717, 1.165) is 10.5 Å². The lowest BCUT2D eigenvalue weighted by Gasteiger charge is -2.10. The van der Waals surface area contributed by atoms with Crippen LogP contribution in [0.5, 0.6) is 0 Å². The molecule has 2 aromatic carbocycles. The van der Waals surface area contributed by atoms with Crippen LogP contribution in [0.1, 0.15) is 25.0 Å². The van der Waals surface area contributed by atoms with Crippen molar-refractivity contribution in [3.8, 4) is 0 Å². The average molecular weight is 289 g/mol. The van der Waals surface area contributed by atoms with Crippen LogP contribution in [-0.4, -0.2) is 6.04 Å². The zero-order chi connectivity index (χ0) is 14.5. The molecule has 0 aromatic heterocycles. The van der Waals surface area contributed by atoms with Crippen LogP contribution in [-0.2, 0) is 6.54 Å². The van der Waals surface area contributed by atoms with Crippen LogP contribution in [0, 0.1) is 12.7 Å². The Morgan fingerprint density at radius 3 is 2.60 bits per heavy atom. The van der Waals surface area contributed by atoms with Gasteiger partial charge >= 0.3 is 0 Å². The van der Waals surface area contributed by atoms with Gasteiger partial charge in [0.15, 0.2) is 0 Å². The average Bonchev–Trinajstić information content (AvgIpc) is 2.39. The molecule has 1 nitrogen and oxygen atoms in total. The zero-order valence-corrected chi connectivity index (χ0v) is 12.9. The SMILES string of the molecule is Cc1cccc(Sc2ccc(CNC(C)C)cc2F)c1. The summed E-state index contributed by atoms with van der Waals surface area (Å²) in [5, 5.41) is 3.29. The molecule has 0 radical (unpaired) electrons. The van der Waals surface area contributed by atoms with Gasteiger partial charge in [-0.25, -0.2) is 4.39 Å². The molecule has 0 heterocycles. The number of hydrogen-bond donors (Lipinski definition) is 1. The van der Waals surface area contributed by atoms with Crippen molar-refractivity contribution in [3.05, 3.63) is 59.4 Å². The van der Waals surface area contributed by atoms with E-state index in [0.29, 0.717) is 17.5 Å². The molecule has 1 N–H and O–H groups in total. The summed E-state index contributed by atoms with van der Waals surface area (Å²) < 4.78 is 14.1. The second kappa shape index (κ2) is 6.91. The summed E-state index contributed by atoms with van der Waals surface area (Å²) >= 11 is 1.47. The molecule has 0 aliphatic carbocycles. The van der Waals surface area contributed by atoms with Crippen molar-refractivity contribution in [2.75, 3.05) is 0 Å². The Labute approximate surface area is 124 Å². The topological polar surface area (TPSA) is 12.0 Å². The molecule has 0 fully saturated rings. The van der Waals surface area contributed by atoms with Gasteiger partial charge in [-0.1, -0.05) is 49.4 Å². The molecular weight excluding hydrogens is 269 g/mol. The molecule has 0 saturated heterocycles. The van der Waals surface area contributed by atoms with E-state index in [9.17, 15) is 4.39 Å². The smallest absolute Gasteiger partial charge is 0.137 e. The fraction of sp³-hybridized carbons (Fsp3) is 0.294. The van der Waals surface area contributed by atoms with E-state index in [-0.39, 0.29) is 5.82 Å². The highest BCUT2D eigenvalue weighted by Crippen LogP contribution is 2.30. The molecule has 2 aromatic rings. The largest absolute Gasteiger partial charge is 0.310 e. The van der Waals surface area contributed by atoms with Crippen molar-refractivity contribution in [3.63, 3.8) is 0 Å². The molecule has 0 saturated carbocycles. The van der Waals surface area contributed by atoms with Crippen LogP contribution in [0.3, 0.4) is 0 Å². The molecule has 0 atom stereocenters. The van der Waals surface area contributed by atoms with Gasteiger partial charge in [-0.2, -0.15) is 0 Å². The maximum atomic E-state index is 14.1. The first-order chi connectivity index (χ1) is 9.54. The number of hydrogen-bond acceptors (Lipinski definition) is 2. The second-order valence-electron chi connectivity index (χ2n) is 5.22. The van der Waals surface area contributed by atoms with Crippen LogP contribution < -0.4 is 5.32 Å². The molecule has 0 amide bonds. The summed E-state index contributed by atoms with van der Waals surface area (Å²) in [5.41, 5.74) is 2.16. The lowest BCUT2D eigenvalue weighted by Crippen LogP contribution is -2.21. The standard InChI is InChI=1S/C17H20FNS/c1-12(2)19-11-14-7-8-17(16(18)10-14)20-15-6-4-5-13(3)9-15/h4-10,12,19H,11H2,1-3H3. The number of nitrogens with one attached hydrogen (secondary N) is 1. The maximum absolute atomic E-state index is 14.1. The highest BCUT2D eigenvalue weighted by atomic mass is 32.2. The third kappa shape index (κ3) is 4.36. The van der Waals surface area contributed by atoms with Crippen LogP contribution in [0.15, 0.2) is 52.3 Å². The summed E-state index contributed by atoms with van der Waals surface area (Å²) in [6, 6.07) is 14.0. The van der Waals surface area contributed by atoms with Gasteiger partial charge in [0, 0.05) is 22.4 Å². The van der Waals surface area contributed by atoms with Crippen molar-refractivity contribution < 1.29 is 4.39 Å². The predicted octanol–water partition coefficient (Wildman–Crippen LogP) is 4.78. The first-order valence-electron chi connectivity index (χ1n) is 6.81. The number of benzene rings is 2. The monoisotopic (exact) mass is 289 g/mol. The highest BCUT2D eigenvalue weighted by molar-refractivity contribution is 7.99. The first-order valence-corrected chi connectivity index (χ1v) is 7.62. The van der Waals surface area contributed by atoms with Crippen molar-refractivity contribution in [1.29, 1.82) is 0 Å². The van der Waals surface area contributed by atoms with E-state index < -0.39 is 0 Å².